The van der Waals surface area contributed by atoms with E-state index >= 15 is 0 Å². The van der Waals surface area contributed by atoms with Crippen LogP contribution in [0.4, 0.5) is 5.69 Å². The molecule has 0 aliphatic rings. The Balaban J connectivity index is 2.38. The third kappa shape index (κ3) is 4.09. The molecule has 1 aromatic carbocycles. The van der Waals surface area contributed by atoms with Crippen molar-refractivity contribution in [3.63, 3.8) is 0 Å². The fourth-order valence-electron chi connectivity index (χ4n) is 1.23. The summed E-state index contributed by atoms with van der Waals surface area (Å²) in [6, 6.07) is 7.32. The van der Waals surface area contributed by atoms with Crippen molar-refractivity contribution < 1.29 is 4.74 Å². The second-order valence-electron chi connectivity index (χ2n) is 3.35. The summed E-state index contributed by atoms with van der Waals surface area (Å²) in [6.07, 6.45) is 1.03. The van der Waals surface area contributed by atoms with E-state index in [2.05, 4.69) is 12.2 Å². The van der Waals surface area contributed by atoms with Crippen LogP contribution < -0.4 is 5.32 Å². The highest BCUT2D eigenvalue weighted by molar-refractivity contribution is 6.32. The minimum absolute atomic E-state index is 0.474. The number of hydrogen-bond acceptors (Lipinski definition) is 3. The number of anilines is 1. The Bertz CT molecular complexity index is 374. The Kier molecular flexibility index (Phi) is 5.69. The summed E-state index contributed by atoms with van der Waals surface area (Å²) in [7, 11) is 0. The lowest BCUT2D eigenvalue weighted by atomic mass is 10.2. The molecule has 1 aromatic rings. The van der Waals surface area contributed by atoms with Gasteiger partial charge in [-0.2, -0.15) is 5.26 Å². The van der Waals surface area contributed by atoms with Gasteiger partial charge in [-0.1, -0.05) is 18.5 Å². The van der Waals surface area contributed by atoms with E-state index in [9.17, 15) is 0 Å². The first-order valence-corrected chi connectivity index (χ1v) is 5.67. The number of benzene rings is 1. The zero-order valence-corrected chi connectivity index (χ0v) is 10.0. The molecule has 1 rings (SSSR count). The molecule has 0 unspecified atom stereocenters. The van der Waals surface area contributed by atoms with E-state index in [4.69, 9.17) is 21.6 Å². The van der Waals surface area contributed by atoms with E-state index in [1.54, 1.807) is 12.1 Å². The highest BCUT2D eigenvalue weighted by Crippen LogP contribution is 2.19. The molecule has 0 spiro atoms. The van der Waals surface area contributed by atoms with Crippen molar-refractivity contribution in [2.45, 2.75) is 13.3 Å². The summed E-state index contributed by atoms with van der Waals surface area (Å²) >= 11 is 5.90. The van der Waals surface area contributed by atoms with Crippen molar-refractivity contribution in [2.24, 2.45) is 0 Å². The Labute approximate surface area is 101 Å². The number of hydrogen-bond donors (Lipinski definition) is 1. The zero-order chi connectivity index (χ0) is 11.8. The lowest BCUT2D eigenvalue weighted by molar-refractivity contribution is 0.144. The maximum absolute atomic E-state index is 8.71. The minimum atomic E-state index is 0.474. The highest BCUT2D eigenvalue weighted by atomic mass is 35.5. The molecule has 0 aliphatic carbocycles. The molecular weight excluding hydrogens is 224 g/mol. The quantitative estimate of drug-likeness (QED) is 0.775. The first-order chi connectivity index (χ1) is 7.77. The van der Waals surface area contributed by atoms with Gasteiger partial charge in [0.05, 0.1) is 17.2 Å². The lowest BCUT2D eigenvalue weighted by Crippen LogP contribution is -2.09. The first-order valence-electron chi connectivity index (χ1n) is 5.29. The molecule has 4 heteroatoms. The number of nitriles is 1. The largest absolute Gasteiger partial charge is 0.383 e. The van der Waals surface area contributed by atoms with Gasteiger partial charge in [-0.25, -0.2) is 0 Å². The Morgan fingerprint density at radius 2 is 2.25 bits per heavy atom. The van der Waals surface area contributed by atoms with Gasteiger partial charge in [-0.05, 0) is 24.6 Å². The van der Waals surface area contributed by atoms with Crippen molar-refractivity contribution in [3.8, 4) is 6.07 Å². The van der Waals surface area contributed by atoms with Crippen LogP contribution in [0.1, 0.15) is 18.9 Å². The van der Waals surface area contributed by atoms with Crippen molar-refractivity contribution in [3.05, 3.63) is 28.8 Å². The van der Waals surface area contributed by atoms with Crippen LogP contribution >= 0.6 is 11.6 Å². The van der Waals surface area contributed by atoms with Crippen LogP contribution in [-0.4, -0.2) is 19.8 Å². The molecule has 0 bridgehead atoms. The summed E-state index contributed by atoms with van der Waals surface area (Å²) in [5, 5.41) is 12.4. The molecule has 86 valence electrons. The summed E-state index contributed by atoms with van der Waals surface area (Å²) in [5.74, 6) is 0. The van der Waals surface area contributed by atoms with Crippen LogP contribution in [0.3, 0.4) is 0 Å². The van der Waals surface area contributed by atoms with E-state index in [1.165, 1.54) is 0 Å². The third-order valence-corrected chi connectivity index (χ3v) is 2.33. The molecule has 0 radical (unpaired) electrons. The molecule has 16 heavy (non-hydrogen) atoms. The Morgan fingerprint density at radius 1 is 1.44 bits per heavy atom. The van der Waals surface area contributed by atoms with Crippen molar-refractivity contribution >= 4 is 17.3 Å². The molecule has 1 N–H and O–H groups in total. The summed E-state index contributed by atoms with van der Waals surface area (Å²) in [6.45, 7) is 4.28. The molecule has 0 atom stereocenters. The van der Waals surface area contributed by atoms with Gasteiger partial charge in [-0.3, -0.25) is 0 Å². The van der Waals surface area contributed by atoms with Gasteiger partial charge in [0.25, 0.3) is 0 Å². The second-order valence-corrected chi connectivity index (χ2v) is 3.75. The predicted octanol–water partition coefficient (Wildman–Crippen LogP) is 3.05. The zero-order valence-electron chi connectivity index (χ0n) is 9.29. The van der Waals surface area contributed by atoms with Gasteiger partial charge < -0.3 is 10.1 Å². The fraction of sp³-hybridized carbons (Fsp3) is 0.417. The monoisotopic (exact) mass is 238 g/mol. The number of nitrogens with zero attached hydrogens (tertiary/aromatic N) is 1. The molecule has 0 heterocycles. The lowest BCUT2D eigenvalue weighted by Gasteiger charge is -2.07. The van der Waals surface area contributed by atoms with E-state index in [-0.39, 0.29) is 0 Å². The smallest absolute Gasteiger partial charge is 0.101 e. The third-order valence-electron chi connectivity index (χ3n) is 2.01. The molecular formula is C12H15ClN2O. The average Bonchev–Trinajstić information content (AvgIpc) is 2.29. The molecule has 0 amide bonds. The van der Waals surface area contributed by atoms with Crippen LogP contribution in [-0.2, 0) is 4.74 Å². The van der Waals surface area contributed by atoms with Gasteiger partial charge in [0.1, 0.15) is 6.07 Å². The standard InChI is InChI=1S/C12H15ClN2O/c1-2-6-16-7-5-15-11-4-3-10(9-14)12(13)8-11/h3-4,8,15H,2,5-7H2,1H3. The second kappa shape index (κ2) is 7.10. The average molecular weight is 239 g/mol. The highest BCUT2D eigenvalue weighted by Gasteiger charge is 2.00. The van der Waals surface area contributed by atoms with Gasteiger partial charge >= 0.3 is 0 Å². The number of halogens is 1. The van der Waals surface area contributed by atoms with Gasteiger partial charge in [0.15, 0.2) is 0 Å². The Hall–Kier alpha value is -1.24. The van der Waals surface area contributed by atoms with E-state index in [0.29, 0.717) is 17.2 Å². The first kappa shape index (κ1) is 12.8. The topological polar surface area (TPSA) is 45.0 Å². The van der Waals surface area contributed by atoms with E-state index < -0.39 is 0 Å². The SMILES string of the molecule is CCCOCCNc1ccc(C#N)c(Cl)c1. The van der Waals surface area contributed by atoms with Crippen molar-refractivity contribution in [1.82, 2.24) is 0 Å². The molecule has 0 aliphatic heterocycles. The van der Waals surface area contributed by atoms with Crippen LogP contribution in [0.25, 0.3) is 0 Å². The predicted molar refractivity (Wildman–Crippen MR) is 65.8 cm³/mol. The molecule has 0 fully saturated rings. The molecule has 0 saturated carbocycles. The fourth-order valence-corrected chi connectivity index (χ4v) is 1.45. The normalized spacial score (nSPS) is 9.81. The number of nitrogens with one attached hydrogen (secondary N) is 1. The summed E-state index contributed by atoms with van der Waals surface area (Å²) < 4.78 is 5.33. The number of ether oxygens (including phenoxy) is 1. The van der Waals surface area contributed by atoms with Crippen LogP contribution in [0.5, 0.6) is 0 Å². The van der Waals surface area contributed by atoms with Crippen LogP contribution in [0.15, 0.2) is 18.2 Å². The van der Waals surface area contributed by atoms with E-state index in [1.807, 2.05) is 12.1 Å². The van der Waals surface area contributed by atoms with E-state index in [0.717, 1.165) is 25.3 Å². The molecule has 3 nitrogen and oxygen atoms in total. The number of rotatable bonds is 6. The summed E-state index contributed by atoms with van der Waals surface area (Å²) in [5.41, 5.74) is 1.40. The van der Waals surface area contributed by atoms with Crippen molar-refractivity contribution in [1.29, 1.82) is 5.26 Å². The maximum Gasteiger partial charge on any atom is 0.101 e. The molecule has 0 saturated heterocycles. The molecule has 0 aromatic heterocycles. The minimum Gasteiger partial charge on any atom is -0.383 e. The van der Waals surface area contributed by atoms with Crippen LogP contribution in [0.2, 0.25) is 5.02 Å². The van der Waals surface area contributed by atoms with Gasteiger partial charge in [-0.15, -0.1) is 0 Å². The van der Waals surface area contributed by atoms with Crippen molar-refractivity contribution in [2.75, 3.05) is 25.1 Å². The van der Waals surface area contributed by atoms with Crippen LogP contribution in [0, 0.1) is 11.3 Å². The maximum atomic E-state index is 8.71. The van der Waals surface area contributed by atoms with Gasteiger partial charge in [0, 0.05) is 18.8 Å². The van der Waals surface area contributed by atoms with Gasteiger partial charge in [0.2, 0.25) is 0 Å². The summed E-state index contributed by atoms with van der Waals surface area (Å²) in [4.78, 5) is 0. The Morgan fingerprint density at radius 3 is 2.88 bits per heavy atom.